The standard InChI is InChI=1S/C13H22N2S/c1-5-7-15(4)10-12-8-13(9-14-6-2)16-11(12)3/h5,8,14H,1,6-7,9-10H2,2-4H3. The highest BCUT2D eigenvalue weighted by Crippen LogP contribution is 2.22. The van der Waals surface area contributed by atoms with Crippen molar-refractivity contribution in [1.82, 2.24) is 10.2 Å². The van der Waals surface area contributed by atoms with Crippen molar-refractivity contribution in [2.24, 2.45) is 0 Å². The minimum atomic E-state index is 0.942. The zero-order valence-electron chi connectivity index (χ0n) is 10.5. The zero-order chi connectivity index (χ0) is 12.0. The van der Waals surface area contributed by atoms with E-state index in [1.165, 1.54) is 15.3 Å². The van der Waals surface area contributed by atoms with Crippen LogP contribution in [0.15, 0.2) is 18.7 Å². The van der Waals surface area contributed by atoms with Crippen LogP contribution in [0.2, 0.25) is 0 Å². The lowest BCUT2D eigenvalue weighted by molar-refractivity contribution is 0.363. The van der Waals surface area contributed by atoms with Gasteiger partial charge in [0.25, 0.3) is 0 Å². The third kappa shape index (κ3) is 4.08. The largest absolute Gasteiger partial charge is 0.312 e. The van der Waals surface area contributed by atoms with Gasteiger partial charge in [0.2, 0.25) is 0 Å². The van der Waals surface area contributed by atoms with E-state index in [1.807, 2.05) is 17.4 Å². The van der Waals surface area contributed by atoms with Crippen LogP contribution in [0.5, 0.6) is 0 Å². The number of likely N-dealkylation sites (N-methyl/N-ethyl adjacent to an activating group) is 1. The van der Waals surface area contributed by atoms with Crippen molar-refractivity contribution >= 4 is 11.3 Å². The maximum atomic E-state index is 3.76. The van der Waals surface area contributed by atoms with Gasteiger partial charge >= 0.3 is 0 Å². The second-order valence-corrected chi connectivity index (χ2v) is 5.40. The van der Waals surface area contributed by atoms with Gasteiger partial charge in [-0.3, -0.25) is 4.90 Å². The summed E-state index contributed by atoms with van der Waals surface area (Å²) in [5.74, 6) is 0. The Bertz CT molecular complexity index is 331. The number of hydrogen-bond donors (Lipinski definition) is 1. The zero-order valence-corrected chi connectivity index (χ0v) is 11.4. The highest BCUT2D eigenvalue weighted by atomic mass is 32.1. The Balaban J connectivity index is 2.58. The van der Waals surface area contributed by atoms with Gasteiger partial charge in [-0.05, 0) is 32.1 Å². The number of rotatable bonds is 7. The SMILES string of the molecule is C=CCN(C)Cc1cc(CNCC)sc1C. The summed E-state index contributed by atoms with van der Waals surface area (Å²) in [7, 11) is 2.13. The number of hydrogen-bond acceptors (Lipinski definition) is 3. The predicted molar refractivity (Wildman–Crippen MR) is 73.0 cm³/mol. The lowest BCUT2D eigenvalue weighted by Crippen LogP contribution is -2.17. The molecule has 0 fully saturated rings. The van der Waals surface area contributed by atoms with Gasteiger partial charge in [0.05, 0.1) is 0 Å². The molecule has 1 N–H and O–H groups in total. The summed E-state index contributed by atoms with van der Waals surface area (Å²) in [4.78, 5) is 5.14. The fourth-order valence-electron chi connectivity index (χ4n) is 1.66. The third-order valence-electron chi connectivity index (χ3n) is 2.50. The molecule has 1 heterocycles. The van der Waals surface area contributed by atoms with Crippen molar-refractivity contribution in [2.75, 3.05) is 20.1 Å². The lowest BCUT2D eigenvalue weighted by atomic mass is 10.2. The molecule has 2 nitrogen and oxygen atoms in total. The second kappa shape index (κ2) is 6.84. The molecule has 1 rings (SSSR count). The van der Waals surface area contributed by atoms with Crippen LogP contribution in [0, 0.1) is 6.92 Å². The van der Waals surface area contributed by atoms with Crippen molar-refractivity contribution in [3.05, 3.63) is 34.0 Å². The summed E-state index contributed by atoms with van der Waals surface area (Å²) in [6.45, 7) is 12.1. The molecule has 0 atom stereocenters. The van der Waals surface area contributed by atoms with Crippen LogP contribution in [-0.4, -0.2) is 25.0 Å². The average molecular weight is 238 g/mol. The van der Waals surface area contributed by atoms with E-state index >= 15 is 0 Å². The smallest absolute Gasteiger partial charge is 0.0299 e. The highest BCUT2D eigenvalue weighted by Gasteiger charge is 2.06. The Morgan fingerprint density at radius 1 is 1.56 bits per heavy atom. The first-order valence-corrected chi connectivity index (χ1v) is 6.57. The Hall–Kier alpha value is -0.640. The van der Waals surface area contributed by atoms with Gasteiger partial charge in [-0.25, -0.2) is 0 Å². The topological polar surface area (TPSA) is 15.3 Å². The van der Waals surface area contributed by atoms with Crippen LogP contribution in [-0.2, 0) is 13.1 Å². The molecule has 0 aromatic carbocycles. The van der Waals surface area contributed by atoms with Crippen LogP contribution >= 0.6 is 11.3 Å². The van der Waals surface area contributed by atoms with E-state index in [0.717, 1.165) is 26.2 Å². The molecular formula is C13H22N2S. The van der Waals surface area contributed by atoms with E-state index in [9.17, 15) is 0 Å². The van der Waals surface area contributed by atoms with E-state index < -0.39 is 0 Å². The molecule has 0 bridgehead atoms. The number of aryl methyl sites for hydroxylation is 1. The van der Waals surface area contributed by atoms with Crippen LogP contribution in [0.25, 0.3) is 0 Å². The molecule has 3 heteroatoms. The quantitative estimate of drug-likeness (QED) is 0.735. The van der Waals surface area contributed by atoms with Crippen LogP contribution < -0.4 is 5.32 Å². The Morgan fingerprint density at radius 3 is 2.94 bits per heavy atom. The first kappa shape index (κ1) is 13.4. The predicted octanol–water partition coefficient (Wildman–Crippen LogP) is 2.78. The van der Waals surface area contributed by atoms with E-state index in [4.69, 9.17) is 0 Å². The van der Waals surface area contributed by atoms with Gasteiger partial charge in [-0.15, -0.1) is 17.9 Å². The van der Waals surface area contributed by atoms with Gasteiger partial charge in [-0.2, -0.15) is 0 Å². The summed E-state index contributed by atoms with van der Waals surface area (Å²) in [5, 5.41) is 3.36. The summed E-state index contributed by atoms with van der Waals surface area (Å²) >= 11 is 1.90. The number of nitrogens with zero attached hydrogens (tertiary/aromatic N) is 1. The van der Waals surface area contributed by atoms with E-state index in [1.54, 1.807) is 0 Å². The summed E-state index contributed by atoms with van der Waals surface area (Å²) in [6.07, 6.45) is 1.95. The normalized spacial score (nSPS) is 11.0. The van der Waals surface area contributed by atoms with Gasteiger partial charge in [0.1, 0.15) is 0 Å². The molecule has 0 aliphatic heterocycles. The highest BCUT2D eigenvalue weighted by molar-refractivity contribution is 7.12. The number of thiophene rings is 1. The molecule has 0 saturated carbocycles. The van der Waals surface area contributed by atoms with Crippen LogP contribution in [0.4, 0.5) is 0 Å². The third-order valence-corrected chi connectivity index (χ3v) is 3.59. The molecule has 0 amide bonds. The number of nitrogens with one attached hydrogen (secondary N) is 1. The Labute approximate surface area is 103 Å². The van der Waals surface area contributed by atoms with Crippen molar-refractivity contribution in [2.45, 2.75) is 26.9 Å². The summed E-state index contributed by atoms with van der Waals surface area (Å²) in [6, 6.07) is 2.32. The maximum Gasteiger partial charge on any atom is 0.0299 e. The molecule has 0 unspecified atom stereocenters. The maximum absolute atomic E-state index is 3.76. The molecule has 1 aromatic rings. The molecule has 0 radical (unpaired) electrons. The Kier molecular flexibility index (Phi) is 5.74. The molecular weight excluding hydrogens is 216 g/mol. The van der Waals surface area contributed by atoms with Gasteiger partial charge in [-0.1, -0.05) is 13.0 Å². The minimum Gasteiger partial charge on any atom is -0.312 e. The first-order valence-electron chi connectivity index (χ1n) is 5.75. The summed E-state index contributed by atoms with van der Waals surface area (Å²) < 4.78 is 0. The van der Waals surface area contributed by atoms with Gasteiger partial charge < -0.3 is 5.32 Å². The Morgan fingerprint density at radius 2 is 2.31 bits per heavy atom. The molecule has 0 aliphatic carbocycles. The van der Waals surface area contributed by atoms with Crippen molar-refractivity contribution in [3.8, 4) is 0 Å². The van der Waals surface area contributed by atoms with Crippen molar-refractivity contribution in [3.63, 3.8) is 0 Å². The van der Waals surface area contributed by atoms with Gasteiger partial charge in [0.15, 0.2) is 0 Å². The minimum absolute atomic E-state index is 0.942. The van der Waals surface area contributed by atoms with E-state index in [-0.39, 0.29) is 0 Å². The summed E-state index contributed by atoms with van der Waals surface area (Å²) in [5.41, 5.74) is 1.45. The van der Waals surface area contributed by atoms with Gasteiger partial charge in [0, 0.05) is 29.4 Å². The molecule has 0 spiro atoms. The van der Waals surface area contributed by atoms with Crippen molar-refractivity contribution in [1.29, 1.82) is 0 Å². The van der Waals surface area contributed by atoms with Crippen LogP contribution in [0.3, 0.4) is 0 Å². The van der Waals surface area contributed by atoms with Crippen LogP contribution in [0.1, 0.15) is 22.2 Å². The molecule has 16 heavy (non-hydrogen) atoms. The monoisotopic (exact) mass is 238 g/mol. The van der Waals surface area contributed by atoms with E-state index in [0.29, 0.717) is 0 Å². The second-order valence-electron chi connectivity index (χ2n) is 4.06. The van der Waals surface area contributed by atoms with E-state index in [2.05, 4.69) is 43.8 Å². The molecule has 1 aromatic heterocycles. The van der Waals surface area contributed by atoms with Crippen molar-refractivity contribution < 1.29 is 0 Å². The lowest BCUT2D eigenvalue weighted by Gasteiger charge is -2.13. The average Bonchev–Trinajstić information content (AvgIpc) is 2.57. The fourth-order valence-corrected chi connectivity index (χ4v) is 2.68. The molecule has 0 aliphatic rings. The fraction of sp³-hybridized carbons (Fsp3) is 0.538. The first-order chi connectivity index (χ1) is 7.67. The molecule has 90 valence electrons. The molecule has 0 saturated heterocycles.